The fraction of sp³-hybridized carbons (Fsp3) is 0.381. The topological polar surface area (TPSA) is 88.3 Å². The van der Waals surface area contributed by atoms with Crippen molar-refractivity contribution in [2.75, 3.05) is 17.6 Å². The molecule has 1 aliphatic heterocycles. The number of carbonyl (C=O) groups is 2. The van der Waals surface area contributed by atoms with Gasteiger partial charge in [0.2, 0.25) is 0 Å². The number of rotatable bonds is 2. The molecule has 146 valence electrons. The van der Waals surface area contributed by atoms with Crippen LogP contribution in [0.1, 0.15) is 42.9 Å². The highest BCUT2D eigenvalue weighted by Gasteiger charge is 2.50. The lowest BCUT2D eigenvalue weighted by atomic mass is 9.86. The van der Waals surface area contributed by atoms with Crippen LogP contribution in [0.2, 0.25) is 0 Å². The fourth-order valence-corrected chi connectivity index (χ4v) is 3.95. The van der Waals surface area contributed by atoms with E-state index in [4.69, 9.17) is 5.73 Å². The number of aromatic nitrogens is 1. The van der Waals surface area contributed by atoms with E-state index in [0.29, 0.717) is 18.1 Å². The van der Waals surface area contributed by atoms with Crippen LogP contribution in [-0.4, -0.2) is 28.2 Å². The van der Waals surface area contributed by atoms with Crippen molar-refractivity contribution in [1.82, 2.24) is 9.88 Å². The van der Waals surface area contributed by atoms with Gasteiger partial charge in [-0.25, -0.2) is 9.37 Å². The van der Waals surface area contributed by atoms with Gasteiger partial charge in [-0.15, -0.1) is 0 Å². The van der Waals surface area contributed by atoms with Crippen molar-refractivity contribution < 1.29 is 14.0 Å². The molecule has 4 rings (SSSR count). The third kappa shape index (κ3) is 3.56. The molecule has 2 aromatic rings. The van der Waals surface area contributed by atoms with Crippen molar-refractivity contribution in [2.45, 2.75) is 38.6 Å². The van der Waals surface area contributed by atoms with Gasteiger partial charge in [0.15, 0.2) is 0 Å². The monoisotopic (exact) mass is 382 g/mol. The number of hydrogen-bond donors (Lipinski definition) is 2. The van der Waals surface area contributed by atoms with Gasteiger partial charge in [0.1, 0.15) is 11.6 Å². The van der Waals surface area contributed by atoms with Crippen LogP contribution in [0.3, 0.4) is 0 Å². The summed E-state index contributed by atoms with van der Waals surface area (Å²) in [5, 5.41) is 2.63. The third-order valence-electron chi connectivity index (χ3n) is 5.87. The number of aryl methyl sites for hydroxylation is 1. The number of carbonyl (C=O) groups excluding carboxylic acids is 2. The van der Waals surface area contributed by atoms with E-state index in [1.54, 1.807) is 30.0 Å². The highest BCUT2D eigenvalue weighted by molar-refractivity contribution is 6.39. The summed E-state index contributed by atoms with van der Waals surface area (Å²) in [6, 6.07) is 7.62. The lowest BCUT2D eigenvalue weighted by Gasteiger charge is -2.40. The van der Waals surface area contributed by atoms with E-state index in [1.807, 2.05) is 0 Å². The van der Waals surface area contributed by atoms with Crippen molar-refractivity contribution in [3.8, 4) is 0 Å². The Morgan fingerprint density at radius 2 is 1.96 bits per heavy atom. The quantitative estimate of drug-likeness (QED) is 0.781. The maximum absolute atomic E-state index is 13.3. The Labute approximate surface area is 162 Å². The molecular weight excluding hydrogens is 359 g/mol. The second-order valence-corrected chi connectivity index (χ2v) is 7.92. The summed E-state index contributed by atoms with van der Waals surface area (Å²) in [5.41, 5.74) is 7.85. The number of benzene rings is 1. The Bertz CT molecular complexity index is 925. The van der Waals surface area contributed by atoms with E-state index < -0.39 is 11.8 Å². The van der Waals surface area contributed by atoms with Crippen molar-refractivity contribution in [1.29, 1.82) is 0 Å². The highest BCUT2D eigenvalue weighted by Crippen LogP contribution is 2.55. The Morgan fingerprint density at radius 3 is 2.61 bits per heavy atom. The zero-order chi connectivity index (χ0) is 19.9. The summed E-state index contributed by atoms with van der Waals surface area (Å²) < 4.78 is 13.3. The molecule has 0 radical (unpaired) electrons. The van der Waals surface area contributed by atoms with Gasteiger partial charge in [-0.3, -0.25) is 9.59 Å². The minimum Gasteiger partial charge on any atom is -0.383 e. The number of nitrogens with one attached hydrogen (secondary N) is 1. The molecule has 7 heteroatoms. The maximum atomic E-state index is 13.3. The molecule has 3 N–H and O–H groups in total. The Balaban J connectivity index is 1.55. The normalized spacial score (nSPS) is 20.1. The number of nitrogens with zero attached hydrogens (tertiary/aromatic N) is 2. The van der Waals surface area contributed by atoms with Crippen LogP contribution < -0.4 is 11.1 Å². The SMILES string of the molecule is Cc1cc(NC(=O)C(=O)N2CC3(CC[C@H]2c2ccc(F)cc2)CC3)cnc1N. The molecule has 0 unspecified atom stereocenters. The Hall–Kier alpha value is -2.96. The molecule has 2 aliphatic rings. The number of amides is 2. The number of nitrogens with two attached hydrogens (primary N) is 1. The second-order valence-electron chi connectivity index (χ2n) is 7.92. The van der Waals surface area contributed by atoms with Crippen LogP contribution in [0.5, 0.6) is 0 Å². The van der Waals surface area contributed by atoms with Gasteiger partial charge >= 0.3 is 11.8 Å². The molecule has 1 aromatic heterocycles. The molecular formula is C21H23FN4O2. The molecule has 1 spiro atoms. The van der Waals surface area contributed by atoms with Crippen LogP contribution >= 0.6 is 0 Å². The van der Waals surface area contributed by atoms with E-state index in [1.165, 1.54) is 18.3 Å². The molecule has 1 saturated carbocycles. The predicted octanol–water partition coefficient (Wildman–Crippen LogP) is 3.19. The number of likely N-dealkylation sites (tertiary alicyclic amines) is 1. The second kappa shape index (κ2) is 6.89. The van der Waals surface area contributed by atoms with Gasteiger partial charge in [0.25, 0.3) is 0 Å². The maximum Gasteiger partial charge on any atom is 0.313 e. The molecule has 6 nitrogen and oxygen atoms in total. The molecule has 1 aromatic carbocycles. The number of hydrogen-bond acceptors (Lipinski definition) is 4. The molecule has 28 heavy (non-hydrogen) atoms. The van der Waals surface area contributed by atoms with Crippen molar-refractivity contribution >= 4 is 23.3 Å². The van der Waals surface area contributed by atoms with Gasteiger partial charge in [-0.2, -0.15) is 0 Å². The smallest absolute Gasteiger partial charge is 0.313 e. The largest absolute Gasteiger partial charge is 0.383 e. The zero-order valence-electron chi connectivity index (χ0n) is 15.7. The van der Waals surface area contributed by atoms with Crippen molar-refractivity contribution in [2.24, 2.45) is 5.41 Å². The number of anilines is 2. The molecule has 2 amide bonds. The van der Waals surface area contributed by atoms with Gasteiger partial charge in [-0.05, 0) is 67.3 Å². The van der Waals surface area contributed by atoms with E-state index in [9.17, 15) is 14.0 Å². The lowest BCUT2D eigenvalue weighted by molar-refractivity contribution is -0.147. The summed E-state index contributed by atoms with van der Waals surface area (Å²) in [6.07, 6.45) is 5.38. The van der Waals surface area contributed by atoms with E-state index in [0.717, 1.165) is 36.8 Å². The van der Waals surface area contributed by atoms with Gasteiger partial charge in [0.05, 0.1) is 17.9 Å². The summed E-state index contributed by atoms with van der Waals surface area (Å²) >= 11 is 0. The van der Waals surface area contributed by atoms with Crippen molar-refractivity contribution in [3.05, 3.63) is 53.5 Å². The number of halogens is 1. The number of nitrogen functional groups attached to an aromatic ring is 1. The van der Waals surface area contributed by atoms with Gasteiger partial charge in [0, 0.05) is 6.54 Å². The van der Waals surface area contributed by atoms with Crippen LogP contribution in [0.15, 0.2) is 36.5 Å². The third-order valence-corrected chi connectivity index (χ3v) is 5.87. The zero-order valence-corrected chi connectivity index (χ0v) is 15.7. The first-order valence-corrected chi connectivity index (χ1v) is 9.46. The van der Waals surface area contributed by atoms with Gasteiger partial charge < -0.3 is 16.0 Å². The van der Waals surface area contributed by atoms with Crippen molar-refractivity contribution in [3.63, 3.8) is 0 Å². The van der Waals surface area contributed by atoms with Crippen LogP contribution in [0.25, 0.3) is 0 Å². The Morgan fingerprint density at radius 1 is 1.25 bits per heavy atom. The van der Waals surface area contributed by atoms with E-state index in [2.05, 4.69) is 10.3 Å². The lowest BCUT2D eigenvalue weighted by Crippen LogP contribution is -2.47. The minimum absolute atomic E-state index is 0.145. The Kier molecular flexibility index (Phi) is 4.53. The highest BCUT2D eigenvalue weighted by atomic mass is 19.1. The molecule has 1 saturated heterocycles. The van der Waals surface area contributed by atoms with E-state index in [-0.39, 0.29) is 17.3 Å². The van der Waals surface area contributed by atoms with E-state index >= 15 is 0 Å². The molecule has 0 bridgehead atoms. The number of pyridine rings is 1. The van der Waals surface area contributed by atoms with Crippen LogP contribution in [0, 0.1) is 18.2 Å². The summed E-state index contributed by atoms with van der Waals surface area (Å²) in [6.45, 7) is 2.34. The minimum atomic E-state index is -0.698. The predicted molar refractivity (Wildman–Crippen MR) is 104 cm³/mol. The molecule has 2 fully saturated rings. The summed E-state index contributed by atoms with van der Waals surface area (Å²) in [7, 11) is 0. The molecule has 2 heterocycles. The number of piperidine rings is 1. The average Bonchev–Trinajstić information content (AvgIpc) is 3.43. The molecule has 1 atom stereocenters. The van der Waals surface area contributed by atoms with Crippen LogP contribution in [0.4, 0.5) is 15.9 Å². The van der Waals surface area contributed by atoms with Crippen LogP contribution in [-0.2, 0) is 9.59 Å². The first-order chi connectivity index (χ1) is 13.4. The standard InChI is InChI=1S/C21H23FN4O2/c1-13-10-16(11-24-18(13)23)25-19(27)20(28)26-12-21(8-9-21)7-6-17(26)14-2-4-15(22)5-3-14/h2-5,10-11,17H,6-9,12H2,1H3,(H2,23,24)(H,25,27)/t17-/m0/s1. The first-order valence-electron chi connectivity index (χ1n) is 9.46. The summed E-state index contributed by atoms with van der Waals surface area (Å²) in [5.74, 6) is -1.21. The average molecular weight is 382 g/mol. The molecule has 1 aliphatic carbocycles. The summed E-state index contributed by atoms with van der Waals surface area (Å²) in [4.78, 5) is 31.3. The first kappa shape index (κ1) is 18.4. The fourth-order valence-electron chi connectivity index (χ4n) is 3.95. The van der Waals surface area contributed by atoms with Gasteiger partial charge in [-0.1, -0.05) is 12.1 Å².